The van der Waals surface area contributed by atoms with Gasteiger partial charge in [0.25, 0.3) is 5.56 Å². The molecule has 0 atom stereocenters. The fourth-order valence-corrected chi connectivity index (χ4v) is 2.63. The highest BCUT2D eigenvalue weighted by molar-refractivity contribution is 6.30. The molecule has 0 aliphatic heterocycles. The summed E-state index contributed by atoms with van der Waals surface area (Å²) >= 11 is 6.04. The highest BCUT2D eigenvalue weighted by atomic mass is 35.5. The number of nitrogens with zero attached hydrogens (tertiary/aromatic N) is 1. The molecule has 112 valence electrons. The normalized spacial score (nSPS) is 10.3. The smallest absolute Gasteiger partial charge is 0.266 e. The first-order valence-electron chi connectivity index (χ1n) is 7.09. The molecule has 1 N–H and O–H groups in total. The Balaban J connectivity index is 2.24. The van der Waals surface area contributed by atoms with Crippen LogP contribution < -0.4 is 5.56 Å². The van der Waals surface area contributed by atoms with Gasteiger partial charge in [-0.15, -0.1) is 0 Å². The van der Waals surface area contributed by atoms with Crippen molar-refractivity contribution in [3.63, 3.8) is 0 Å². The number of hydrogen-bond donors (Lipinski definition) is 1. The van der Waals surface area contributed by atoms with Gasteiger partial charge in [0.2, 0.25) is 0 Å². The number of nitrogens with one attached hydrogen (secondary N) is 1. The molecule has 0 spiro atoms. The molecule has 23 heavy (non-hydrogen) atoms. The summed E-state index contributed by atoms with van der Waals surface area (Å²) in [6.45, 7) is 2.00. The van der Waals surface area contributed by atoms with Crippen LogP contribution in [0.2, 0.25) is 5.02 Å². The SMILES string of the molecule is Cc1ccc(-c2cc(-c3cccc(Cl)c3)c(C#N)c(=O)[nH]2)cc1. The lowest BCUT2D eigenvalue weighted by atomic mass is 9.99. The third-order valence-electron chi connectivity index (χ3n) is 3.64. The van der Waals surface area contributed by atoms with E-state index < -0.39 is 5.56 Å². The van der Waals surface area contributed by atoms with Crippen molar-refractivity contribution >= 4 is 11.6 Å². The molecule has 3 aromatic rings. The third-order valence-corrected chi connectivity index (χ3v) is 3.88. The van der Waals surface area contributed by atoms with Crippen LogP contribution in [0, 0.1) is 18.3 Å². The van der Waals surface area contributed by atoms with E-state index in [0.717, 1.165) is 16.7 Å². The second-order valence-electron chi connectivity index (χ2n) is 5.29. The summed E-state index contributed by atoms with van der Waals surface area (Å²) in [4.78, 5) is 15.1. The molecule has 2 aromatic carbocycles. The summed E-state index contributed by atoms with van der Waals surface area (Å²) in [6.07, 6.45) is 0. The van der Waals surface area contributed by atoms with Crippen LogP contribution in [0.3, 0.4) is 0 Å². The predicted octanol–water partition coefficient (Wildman–Crippen LogP) is 4.54. The van der Waals surface area contributed by atoms with Crippen molar-refractivity contribution in [3.8, 4) is 28.5 Å². The number of halogens is 1. The highest BCUT2D eigenvalue weighted by Gasteiger charge is 2.12. The Bertz CT molecular complexity index is 966. The van der Waals surface area contributed by atoms with Gasteiger partial charge in [-0.05, 0) is 36.2 Å². The predicted molar refractivity (Wildman–Crippen MR) is 92.4 cm³/mol. The van der Waals surface area contributed by atoms with Crippen LogP contribution >= 0.6 is 11.6 Å². The lowest BCUT2D eigenvalue weighted by molar-refractivity contribution is 1.22. The van der Waals surface area contributed by atoms with Crippen LogP contribution in [0.25, 0.3) is 22.4 Å². The Hall–Kier alpha value is -2.83. The molecule has 3 rings (SSSR count). The molecule has 0 aliphatic rings. The van der Waals surface area contributed by atoms with Crippen molar-refractivity contribution in [1.82, 2.24) is 4.98 Å². The summed E-state index contributed by atoms with van der Waals surface area (Å²) in [5.74, 6) is 0. The Labute approximate surface area is 138 Å². The Kier molecular flexibility index (Phi) is 4.01. The average molecular weight is 321 g/mol. The zero-order chi connectivity index (χ0) is 16.4. The minimum Gasteiger partial charge on any atom is -0.321 e. The van der Waals surface area contributed by atoms with Crippen LogP contribution in [-0.4, -0.2) is 4.98 Å². The maximum atomic E-state index is 12.3. The molecular weight excluding hydrogens is 308 g/mol. The van der Waals surface area contributed by atoms with Gasteiger partial charge in [0, 0.05) is 16.3 Å². The van der Waals surface area contributed by atoms with E-state index in [1.165, 1.54) is 0 Å². The van der Waals surface area contributed by atoms with Crippen molar-refractivity contribution < 1.29 is 0 Å². The van der Waals surface area contributed by atoms with Gasteiger partial charge in [0.15, 0.2) is 0 Å². The van der Waals surface area contributed by atoms with Crippen LogP contribution in [0.4, 0.5) is 0 Å². The largest absolute Gasteiger partial charge is 0.321 e. The number of H-pyrrole nitrogens is 1. The summed E-state index contributed by atoms with van der Waals surface area (Å²) in [5, 5.41) is 9.88. The molecule has 0 saturated heterocycles. The van der Waals surface area contributed by atoms with E-state index in [0.29, 0.717) is 16.3 Å². The standard InChI is InChI=1S/C19H13ClN2O/c1-12-5-7-13(8-6-12)18-10-16(17(11-21)19(23)22-18)14-3-2-4-15(20)9-14/h2-10H,1H3,(H,22,23). The maximum Gasteiger partial charge on any atom is 0.266 e. The van der Waals surface area contributed by atoms with Gasteiger partial charge in [0.1, 0.15) is 11.6 Å². The first kappa shape index (κ1) is 15.1. The number of aromatic amines is 1. The molecule has 1 heterocycles. The topological polar surface area (TPSA) is 56.6 Å². The maximum absolute atomic E-state index is 12.3. The number of nitriles is 1. The number of rotatable bonds is 2. The quantitative estimate of drug-likeness (QED) is 0.753. The van der Waals surface area contributed by atoms with Gasteiger partial charge in [-0.1, -0.05) is 53.6 Å². The van der Waals surface area contributed by atoms with Crippen LogP contribution in [0.5, 0.6) is 0 Å². The number of hydrogen-bond acceptors (Lipinski definition) is 2. The second kappa shape index (κ2) is 6.12. The van der Waals surface area contributed by atoms with Gasteiger partial charge in [0.05, 0.1) is 0 Å². The van der Waals surface area contributed by atoms with Crippen molar-refractivity contribution in [1.29, 1.82) is 5.26 Å². The van der Waals surface area contributed by atoms with Crippen molar-refractivity contribution in [3.05, 3.63) is 81.1 Å². The van der Waals surface area contributed by atoms with Gasteiger partial charge in [-0.25, -0.2) is 0 Å². The Morgan fingerprint density at radius 1 is 1.04 bits per heavy atom. The fraction of sp³-hybridized carbons (Fsp3) is 0.0526. The number of aromatic nitrogens is 1. The number of pyridine rings is 1. The molecule has 0 bridgehead atoms. The zero-order valence-corrected chi connectivity index (χ0v) is 13.2. The van der Waals surface area contributed by atoms with Gasteiger partial charge in [-0.2, -0.15) is 5.26 Å². The molecule has 0 saturated carbocycles. The van der Waals surface area contributed by atoms with E-state index in [1.54, 1.807) is 18.2 Å². The molecule has 4 heteroatoms. The van der Waals surface area contributed by atoms with E-state index >= 15 is 0 Å². The molecule has 0 radical (unpaired) electrons. The number of aryl methyl sites for hydroxylation is 1. The van der Waals surface area contributed by atoms with Gasteiger partial charge in [-0.3, -0.25) is 4.79 Å². The minimum absolute atomic E-state index is 0.0862. The zero-order valence-electron chi connectivity index (χ0n) is 12.4. The van der Waals surface area contributed by atoms with Crippen molar-refractivity contribution in [2.24, 2.45) is 0 Å². The second-order valence-corrected chi connectivity index (χ2v) is 5.73. The van der Waals surface area contributed by atoms with E-state index in [1.807, 2.05) is 49.4 Å². The number of benzene rings is 2. The Morgan fingerprint density at radius 2 is 1.78 bits per heavy atom. The summed E-state index contributed by atoms with van der Waals surface area (Å²) < 4.78 is 0. The third kappa shape index (κ3) is 3.03. The van der Waals surface area contributed by atoms with Gasteiger partial charge >= 0.3 is 0 Å². The fourth-order valence-electron chi connectivity index (χ4n) is 2.44. The first-order chi connectivity index (χ1) is 11.1. The molecule has 0 fully saturated rings. The molecule has 0 amide bonds. The molecule has 3 nitrogen and oxygen atoms in total. The molecule has 1 aromatic heterocycles. The monoisotopic (exact) mass is 320 g/mol. The molecule has 0 unspecified atom stereocenters. The van der Waals surface area contributed by atoms with E-state index in [4.69, 9.17) is 11.6 Å². The highest BCUT2D eigenvalue weighted by Crippen LogP contribution is 2.27. The first-order valence-corrected chi connectivity index (χ1v) is 7.46. The van der Waals surface area contributed by atoms with Crippen LogP contribution in [0.15, 0.2) is 59.4 Å². The van der Waals surface area contributed by atoms with Crippen molar-refractivity contribution in [2.45, 2.75) is 6.92 Å². The Morgan fingerprint density at radius 3 is 2.43 bits per heavy atom. The van der Waals surface area contributed by atoms with Crippen LogP contribution in [-0.2, 0) is 0 Å². The van der Waals surface area contributed by atoms with E-state index in [-0.39, 0.29) is 5.56 Å². The summed E-state index contributed by atoms with van der Waals surface area (Å²) in [6, 6.07) is 18.8. The van der Waals surface area contributed by atoms with E-state index in [2.05, 4.69) is 4.98 Å². The lowest BCUT2D eigenvalue weighted by Gasteiger charge is -2.08. The van der Waals surface area contributed by atoms with Crippen LogP contribution in [0.1, 0.15) is 11.1 Å². The average Bonchev–Trinajstić information content (AvgIpc) is 2.55. The van der Waals surface area contributed by atoms with Crippen molar-refractivity contribution in [2.75, 3.05) is 0 Å². The van der Waals surface area contributed by atoms with E-state index in [9.17, 15) is 10.1 Å². The molecule has 0 aliphatic carbocycles. The van der Waals surface area contributed by atoms with Gasteiger partial charge < -0.3 is 4.98 Å². The lowest BCUT2D eigenvalue weighted by Crippen LogP contribution is -2.12. The molecular formula is C19H13ClN2O. The summed E-state index contributed by atoms with van der Waals surface area (Å²) in [7, 11) is 0. The minimum atomic E-state index is -0.402. The summed E-state index contributed by atoms with van der Waals surface area (Å²) in [5.41, 5.74) is 3.70.